The largest absolute Gasteiger partial charge is 0.287 e. The van der Waals surface area contributed by atoms with Crippen LogP contribution in [0, 0.1) is 6.92 Å². The summed E-state index contributed by atoms with van der Waals surface area (Å²) in [5.41, 5.74) is 0. The molecule has 66 valence electrons. The maximum Gasteiger partial charge on any atom is 0.287 e. The summed E-state index contributed by atoms with van der Waals surface area (Å²) >= 11 is 1.47. The van der Waals surface area contributed by atoms with Gasteiger partial charge in [-0.05, 0) is 25.1 Å². The fraction of sp³-hybridized carbons (Fsp3) is 0.143. The zero-order chi connectivity index (χ0) is 9.19. The molecule has 0 aliphatic heterocycles. The van der Waals surface area contributed by atoms with Gasteiger partial charge in [-0.2, -0.15) is 8.42 Å². The average molecular weight is 204 g/mol. The van der Waals surface area contributed by atoms with Crippen molar-refractivity contribution in [2.75, 3.05) is 0 Å². The summed E-state index contributed by atoms with van der Waals surface area (Å²) in [5, 5.41) is 0.776. The molecular formula is C7H8O3S2. The summed E-state index contributed by atoms with van der Waals surface area (Å²) in [6.07, 6.45) is 1.37. The Balaban J connectivity index is 2.84. The topological polar surface area (TPSA) is 54.4 Å². The second-order valence-electron chi connectivity index (χ2n) is 2.27. The molecule has 1 rings (SSSR count). The van der Waals surface area contributed by atoms with Crippen LogP contribution >= 0.6 is 11.3 Å². The third kappa shape index (κ3) is 3.17. The summed E-state index contributed by atoms with van der Waals surface area (Å²) < 4.78 is 28.9. The Kier molecular flexibility index (Phi) is 2.66. The van der Waals surface area contributed by atoms with Crippen molar-refractivity contribution in [2.45, 2.75) is 6.92 Å². The molecule has 5 heteroatoms. The first-order valence-electron chi connectivity index (χ1n) is 3.19. The van der Waals surface area contributed by atoms with Gasteiger partial charge in [-0.25, -0.2) is 0 Å². The van der Waals surface area contributed by atoms with Gasteiger partial charge < -0.3 is 0 Å². The first kappa shape index (κ1) is 9.44. The van der Waals surface area contributed by atoms with E-state index in [2.05, 4.69) is 0 Å². The molecule has 1 aromatic rings. The van der Waals surface area contributed by atoms with E-state index in [4.69, 9.17) is 4.55 Å². The normalized spacial score (nSPS) is 12.5. The lowest BCUT2D eigenvalue weighted by atomic mass is 10.4. The summed E-state index contributed by atoms with van der Waals surface area (Å²) in [7, 11) is -3.99. The van der Waals surface area contributed by atoms with Crippen molar-refractivity contribution < 1.29 is 13.0 Å². The van der Waals surface area contributed by atoms with Gasteiger partial charge in [0.25, 0.3) is 10.1 Å². The van der Waals surface area contributed by atoms with Gasteiger partial charge in [0.05, 0.1) is 5.41 Å². The van der Waals surface area contributed by atoms with Crippen LogP contribution < -0.4 is 0 Å². The van der Waals surface area contributed by atoms with E-state index in [0.29, 0.717) is 0 Å². The highest BCUT2D eigenvalue weighted by molar-refractivity contribution is 7.88. The quantitative estimate of drug-likeness (QED) is 0.749. The molecule has 0 saturated carbocycles. The zero-order valence-corrected chi connectivity index (χ0v) is 8.02. The maximum atomic E-state index is 10.3. The van der Waals surface area contributed by atoms with Gasteiger partial charge in [-0.3, -0.25) is 4.55 Å². The van der Waals surface area contributed by atoms with Crippen LogP contribution in [-0.4, -0.2) is 13.0 Å². The van der Waals surface area contributed by atoms with Crippen LogP contribution in [0.25, 0.3) is 6.08 Å². The Morgan fingerprint density at radius 3 is 2.58 bits per heavy atom. The van der Waals surface area contributed by atoms with Crippen molar-refractivity contribution in [2.24, 2.45) is 0 Å². The minimum absolute atomic E-state index is 0.776. The molecule has 0 fully saturated rings. The van der Waals surface area contributed by atoms with Gasteiger partial charge in [-0.1, -0.05) is 0 Å². The number of hydrogen-bond acceptors (Lipinski definition) is 3. The summed E-state index contributed by atoms with van der Waals surface area (Å²) in [6.45, 7) is 1.93. The fourth-order valence-electron chi connectivity index (χ4n) is 0.696. The van der Waals surface area contributed by atoms with E-state index in [9.17, 15) is 8.42 Å². The van der Waals surface area contributed by atoms with E-state index in [0.717, 1.165) is 15.2 Å². The zero-order valence-electron chi connectivity index (χ0n) is 6.39. The summed E-state index contributed by atoms with van der Waals surface area (Å²) in [5.74, 6) is 0. The van der Waals surface area contributed by atoms with Gasteiger partial charge in [0, 0.05) is 9.75 Å². The highest BCUT2D eigenvalue weighted by Gasteiger charge is 1.96. The van der Waals surface area contributed by atoms with Crippen molar-refractivity contribution in [1.29, 1.82) is 0 Å². The van der Waals surface area contributed by atoms with Crippen LogP contribution in [0.2, 0.25) is 0 Å². The van der Waals surface area contributed by atoms with Crippen molar-refractivity contribution in [3.05, 3.63) is 27.3 Å². The average Bonchev–Trinajstić information content (AvgIpc) is 2.30. The molecule has 0 aliphatic carbocycles. The molecule has 0 aliphatic rings. The summed E-state index contributed by atoms with van der Waals surface area (Å²) in [4.78, 5) is 1.91. The SMILES string of the molecule is Cc1ccc(/C=C/S(=O)(=O)O)s1. The van der Waals surface area contributed by atoms with Crippen LogP contribution in [0.4, 0.5) is 0 Å². The summed E-state index contributed by atoms with van der Waals surface area (Å²) in [6, 6.07) is 3.68. The van der Waals surface area contributed by atoms with Crippen molar-refractivity contribution in [3.63, 3.8) is 0 Å². The molecule has 1 aromatic heterocycles. The molecule has 0 amide bonds. The highest BCUT2D eigenvalue weighted by atomic mass is 32.2. The van der Waals surface area contributed by atoms with Gasteiger partial charge in [-0.15, -0.1) is 11.3 Å². The van der Waals surface area contributed by atoms with E-state index in [1.165, 1.54) is 17.4 Å². The Labute approximate surface area is 75.1 Å². The second kappa shape index (κ2) is 3.38. The van der Waals surface area contributed by atoms with Crippen LogP contribution in [0.5, 0.6) is 0 Å². The number of rotatable bonds is 2. The van der Waals surface area contributed by atoms with Crippen LogP contribution in [0.3, 0.4) is 0 Å². The number of hydrogen-bond donors (Lipinski definition) is 1. The Morgan fingerprint density at radius 1 is 1.50 bits per heavy atom. The fourth-order valence-corrected chi connectivity index (χ4v) is 1.88. The minimum Gasteiger partial charge on any atom is -0.282 e. The highest BCUT2D eigenvalue weighted by Crippen LogP contribution is 2.16. The first-order valence-corrected chi connectivity index (χ1v) is 5.51. The van der Waals surface area contributed by atoms with Crippen LogP contribution in [-0.2, 0) is 10.1 Å². The van der Waals surface area contributed by atoms with Crippen molar-refractivity contribution in [1.82, 2.24) is 0 Å². The van der Waals surface area contributed by atoms with E-state index in [1.54, 1.807) is 6.07 Å². The molecule has 1 N–H and O–H groups in total. The lowest BCUT2D eigenvalue weighted by Gasteiger charge is -1.83. The molecule has 0 radical (unpaired) electrons. The lowest BCUT2D eigenvalue weighted by molar-refractivity contribution is 0.494. The van der Waals surface area contributed by atoms with Crippen molar-refractivity contribution in [3.8, 4) is 0 Å². The van der Waals surface area contributed by atoms with E-state index in [1.807, 2.05) is 13.0 Å². The smallest absolute Gasteiger partial charge is 0.282 e. The van der Waals surface area contributed by atoms with Crippen molar-refractivity contribution >= 4 is 27.5 Å². The molecule has 0 aromatic carbocycles. The van der Waals surface area contributed by atoms with Gasteiger partial charge in [0.1, 0.15) is 0 Å². The molecule has 0 saturated heterocycles. The molecular weight excluding hydrogens is 196 g/mol. The monoisotopic (exact) mass is 204 g/mol. The predicted octanol–water partition coefficient (Wildman–Crippen LogP) is 1.92. The standard InChI is InChI=1S/C7H8O3S2/c1-6-2-3-7(11-6)4-5-12(8,9)10/h2-5H,1H3,(H,8,9,10)/b5-4+. The molecule has 0 spiro atoms. The molecule has 1 heterocycles. The molecule has 0 atom stereocenters. The number of thiophene rings is 1. The number of aryl methyl sites for hydroxylation is 1. The van der Waals surface area contributed by atoms with Crippen LogP contribution in [0.15, 0.2) is 17.5 Å². The van der Waals surface area contributed by atoms with Gasteiger partial charge in [0.15, 0.2) is 0 Å². The molecule has 0 bridgehead atoms. The van der Waals surface area contributed by atoms with E-state index in [-0.39, 0.29) is 0 Å². The van der Waals surface area contributed by atoms with Gasteiger partial charge in [0.2, 0.25) is 0 Å². The molecule has 12 heavy (non-hydrogen) atoms. The molecule has 0 unspecified atom stereocenters. The maximum absolute atomic E-state index is 10.3. The third-order valence-corrected chi connectivity index (χ3v) is 2.61. The Hall–Kier alpha value is -0.650. The lowest BCUT2D eigenvalue weighted by Crippen LogP contribution is -1.88. The third-order valence-electron chi connectivity index (χ3n) is 1.17. The second-order valence-corrected chi connectivity index (χ2v) is 4.89. The molecule has 3 nitrogen and oxygen atoms in total. The predicted molar refractivity (Wildman–Crippen MR) is 49.6 cm³/mol. The van der Waals surface area contributed by atoms with E-state index >= 15 is 0 Å². The van der Waals surface area contributed by atoms with Gasteiger partial charge >= 0.3 is 0 Å². The minimum atomic E-state index is -3.99. The Morgan fingerprint density at radius 2 is 2.17 bits per heavy atom. The van der Waals surface area contributed by atoms with E-state index < -0.39 is 10.1 Å². The van der Waals surface area contributed by atoms with Crippen LogP contribution in [0.1, 0.15) is 9.75 Å². The Bertz CT molecular complexity index is 387. The first-order chi connectivity index (χ1) is 5.47.